The molecule has 0 aliphatic carbocycles. The predicted octanol–water partition coefficient (Wildman–Crippen LogP) is 3.23. The molecule has 0 aliphatic heterocycles. The van der Waals surface area contributed by atoms with E-state index >= 15 is 0 Å². The van der Waals surface area contributed by atoms with Crippen LogP contribution in [0.2, 0.25) is 0 Å². The Labute approximate surface area is 178 Å². The normalized spacial score (nSPS) is 10.4. The molecule has 0 saturated carbocycles. The van der Waals surface area contributed by atoms with Gasteiger partial charge in [0, 0.05) is 12.1 Å². The third-order valence-corrected chi connectivity index (χ3v) is 4.50. The number of benzene rings is 2. The first kappa shape index (κ1) is 22.7. The first-order valence-corrected chi connectivity index (χ1v) is 9.33. The Hall–Kier alpha value is -3.54. The van der Waals surface area contributed by atoms with E-state index in [0.717, 1.165) is 23.8 Å². The number of hydrogen-bond acceptors (Lipinski definition) is 7. The van der Waals surface area contributed by atoms with E-state index in [-0.39, 0.29) is 5.56 Å². The molecule has 2 aromatic carbocycles. The van der Waals surface area contributed by atoms with E-state index in [4.69, 9.17) is 4.74 Å². The highest BCUT2D eigenvalue weighted by atomic mass is 79.9. The predicted molar refractivity (Wildman–Crippen MR) is 109 cm³/mol. The number of halogens is 1. The minimum Gasteiger partial charge on any atom is -0.483 e. The molecule has 158 valence electrons. The first-order valence-electron chi connectivity index (χ1n) is 8.53. The van der Waals surface area contributed by atoms with Crippen LogP contribution in [0.4, 0.5) is 11.4 Å². The molecule has 0 atom stereocenters. The molecule has 0 bridgehead atoms. The lowest BCUT2D eigenvalue weighted by molar-refractivity contribution is -0.394. The minimum atomic E-state index is -0.961. The van der Waals surface area contributed by atoms with Crippen LogP contribution in [0.1, 0.15) is 35.7 Å². The number of nitrogens with one attached hydrogen (secondary N) is 2. The van der Waals surface area contributed by atoms with Crippen LogP contribution in [0.25, 0.3) is 0 Å². The number of hydrazine groups is 1. The minimum absolute atomic E-state index is 0.318. The number of rotatable bonds is 7. The summed E-state index contributed by atoms with van der Waals surface area (Å²) in [6, 6.07) is 7.88. The Morgan fingerprint density at radius 3 is 2.13 bits per heavy atom. The number of carbonyl (C=O) groups is 2. The van der Waals surface area contributed by atoms with Gasteiger partial charge in [0.05, 0.1) is 25.9 Å². The zero-order valence-electron chi connectivity index (χ0n) is 15.9. The van der Waals surface area contributed by atoms with Crippen molar-refractivity contribution in [3.8, 4) is 5.75 Å². The number of amides is 2. The maximum atomic E-state index is 12.1. The monoisotopic (exact) mass is 480 g/mol. The van der Waals surface area contributed by atoms with Crippen molar-refractivity contribution in [3.05, 3.63) is 72.2 Å². The number of hydrogen-bond donors (Lipinski definition) is 2. The molecule has 2 aromatic rings. The summed E-state index contributed by atoms with van der Waals surface area (Å²) in [5.41, 5.74) is 3.58. The highest BCUT2D eigenvalue weighted by molar-refractivity contribution is 9.10. The molecule has 2 rings (SSSR count). The molecule has 30 heavy (non-hydrogen) atoms. The number of nitro groups is 2. The molecule has 0 heterocycles. The van der Waals surface area contributed by atoms with E-state index in [1.807, 2.05) is 31.4 Å². The molecule has 11 nitrogen and oxygen atoms in total. The Balaban J connectivity index is 1.97. The second kappa shape index (κ2) is 9.78. The van der Waals surface area contributed by atoms with Gasteiger partial charge in [-0.25, -0.2) is 0 Å². The standard InChI is InChI=1S/C18H17BrN4O7/c1-10(2)11-3-4-16(15(19)7-11)30-9-17(24)20-21-18(25)12-5-13(22(26)27)8-14(6-12)23(28)29/h3-8,10H,9H2,1-2H3,(H,20,24)(H,21,25). The molecule has 0 spiro atoms. The van der Waals surface area contributed by atoms with Crippen LogP contribution in [0.5, 0.6) is 5.75 Å². The van der Waals surface area contributed by atoms with E-state index in [0.29, 0.717) is 16.1 Å². The van der Waals surface area contributed by atoms with Crippen molar-refractivity contribution in [2.24, 2.45) is 0 Å². The fraction of sp³-hybridized carbons (Fsp3) is 0.222. The van der Waals surface area contributed by atoms with Crippen LogP contribution in [0, 0.1) is 20.2 Å². The maximum absolute atomic E-state index is 12.1. The topological polar surface area (TPSA) is 154 Å². The summed E-state index contributed by atoms with van der Waals surface area (Å²) in [5.74, 6) is -0.922. The third kappa shape index (κ3) is 5.98. The van der Waals surface area contributed by atoms with Gasteiger partial charge in [0.25, 0.3) is 23.2 Å². The van der Waals surface area contributed by atoms with E-state index in [1.165, 1.54) is 0 Å². The molecule has 0 fully saturated rings. The van der Waals surface area contributed by atoms with Crippen molar-refractivity contribution < 1.29 is 24.2 Å². The zero-order valence-corrected chi connectivity index (χ0v) is 17.5. The van der Waals surface area contributed by atoms with Gasteiger partial charge in [-0.2, -0.15) is 0 Å². The summed E-state index contributed by atoms with van der Waals surface area (Å²) in [7, 11) is 0. The fourth-order valence-corrected chi connectivity index (χ4v) is 2.82. The van der Waals surface area contributed by atoms with Gasteiger partial charge < -0.3 is 4.74 Å². The van der Waals surface area contributed by atoms with Crippen LogP contribution >= 0.6 is 15.9 Å². The lowest BCUT2D eigenvalue weighted by Crippen LogP contribution is -2.43. The van der Waals surface area contributed by atoms with Crippen molar-refractivity contribution in [1.29, 1.82) is 0 Å². The lowest BCUT2D eigenvalue weighted by Gasteiger charge is -2.12. The molecule has 0 unspecified atom stereocenters. The van der Waals surface area contributed by atoms with Crippen LogP contribution in [-0.4, -0.2) is 28.3 Å². The summed E-state index contributed by atoms with van der Waals surface area (Å²) < 4.78 is 6.05. The number of carbonyl (C=O) groups excluding carboxylic acids is 2. The van der Waals surface area contributed by atoms with E-state index in [2.05, 4.69) is 21.4 Å². The molecular formula is C18H17BrN4O7. The van der Waals surface area contributed by atoms with Crippen LogP contribution in [-0.2, 0) is 4.79 Å². The second-order valence-corrected chi connectivity index (χ2v) is 7.24. The first-order chi connectivity index (χ1) is 14.1. The van der Waals surface area contributed by atoms with Crippen molar-refractivity contribution in [3.63, 3.8) is 0 Å². The van der Waals surface area contributed by atoms with E-state index < -0.39 is 39.6 Å². The average molecular weight is 481 g/mol. The van der Waals surface area contributed by atoms with Gasteiger partial charge in [-0.15, -0.1) is 0 Å². The van der Waals surface area contributed by atoms with E-state index in [9.17, 15) is 29.8 Å². The van der Waals surface area contributed by atoms with Crippen molar-refractivity contribution in [2.45, 2.75) is 19.8 Å². The number of ether oxygens (including phenoxy) is 1. The Kier molecular flexibility index (Phi) is 7.42. The van der Waals surface area contributed by atoms with Gasteiger partial charge in [0.2, 0.25) is 0 Å². The number of non-ortho nitro benzene ring substituents is 2. The second-order valence-electron chi connectivity index (χ2n) is 6.39. The molecule has 0 radical (unpaired) electrons. The van der Waals surface area contributed by atoms with Crippen LogP contribution in [0.15, 0.2) is 40.9 Å². The molecule has 2 amide bonds. The third-order valence-electron chi connectivity index (χ3n) is 3.88. The Morgan fingerprint density at radius 2 is 1.63 bits per heavy atom. The SMILES string of the molecule is CC(C)c1ccc(OCC(=O)NNC(=O)c2cc([N+](=O)[O-])cc([N+](=O)[O-])c2)c(Br)c1. The number of nitrogens with zero attached hydrogens (tertiary/aromatic N) is 2. The Morgan fingerprint density at radius 1 is 1.03 bits per heavy atom. The van der Waals surface area contributed by atoms with Gasteiger partial charge >= 0.3 is 0 Å². The van der Waals surface area contributed by atoms with Gasteiger partial charge in [-0.1, -0.05) is 19.9 Å². The van der Waals surface area contributed by atoms with Crippen molar-refractivity contribution >= 4 is 39.1 Å². The maximum Gasteiger partial charge on any atom is 0.277 e. The summed E-state index contributed by atoms with van der Waals surface area (Å²) in [4.78, 5) is 44.1. The highest BCUT2D eigenvalue weighted by Gasteiger charge is 2.20. The van der Waals surface area contributed by atoms with E-state index in [1.54, 1.807) is 6.07 Å². The smallest absolute Gasteiger partial charge is 0.277 e. The highest BCUT2D eigenvalue weighted by Crippen LogP contribution is 2.28. The van der Waals surface area contributed by atoms with Crippen molar-refractivity contribution in [2.75, 3.05) is 6.61 Å². The lowest BCUT2D eigenvalue weighted by atomic mass is 10.0. The Bertz CT molecular complexity index is 978. The largest absolute Gasteiger partial charge is 0.483 e. The molecule has 12 heteroatoms. The zero-order chi connectivity index (χ0) is 22.4. The van der Waals surface area contributed by atoms with Crippen molar-refractivity contribution in [1.82, 2.24) is 10.9 Å². The summed E-state index contributed by atoms with van der Waals surface area (Å²) in [6.07, 6.45) is 0. The molecule has 0 aromatic heterocycles. The quantitative estimate of drug-likeness (QED) is 0.455. The summed E-state index contributed by atoms with van der Waals surface area (Å²) in [6.45, 7) is 3.65. The van der Waals surface area contributed by atoms with Crippen LogP contribution in [0.3, 0.4) is 0 Å². The van der Waals surface area contributed by atoms with Gasteiger partial charge in [-0.05, 0) is 39.5 Å². The number of nitro benzene ring substituents is 2. The van der Waals surface area contributed by atoms with Gasteiger partial charge in [0.1, 0.15) is 5.75 Å². The van der Waals surface area contributed by atoms with Crippen LogP contribution < -0.4 is 15.6 Å². The fourth-order valence-electron chi connectivity index (χ4n) is 2.31. The van der Waals surface area contributed by atoms with Gasteiger partial charge in [-0.3, -0.25) is 40.7 Å². The average Bonchev–Trinajstić information content (AvgIpc) is 2.70. The molecule has 0 saturated heterocycles. The summed E-state index contributed by atoms with van der Waals surface area (Å²) in [5, 5.41) is 21.8. The summed E-state index contributed by atoms with van der Waals surface area (Å²) >= 11 is 3.36. The molecule has 2 N–H and O–H groups in total. The van der Waals surface area contributed by atoms with Gasteiger partial charge in [0.15, 0.2) is 6.61 Å². The molecule has 0 aliphatic rings. The molecular weight excluding hydrogens is 464 g/mol.